The summed E-state index contributed by atoms with van der Waals surface area (Å²) in [5, 5.41) is 11.5. The third-order valence-corrected chi connectivity index (χ3v) is 5.24. The van der Waals surface area contributed by atoms with Crippen molar-refractivity contribution in [3.8, 4) is 11.3 Å². The number of benzene rings is 2. The van der Waals surface area contributed by atoms with Gasteiger partial charge in [0.2, 0.25) is 0 Å². The van der Waals surface area contributed by atoms with Gasteiger partial charge in [0.25, 0.3) is 11.6 Å². The summed E-state index contributed by atoms with van der Waals surface area (Å²) in [5.74, 6) is 0.416. The van der Waals surface area contributed by atoms with Crippen LogP contribution in [-0.4, -0.2) is 51.9 Å². The molecule has 4 rings (SSSR count). The lowest BCUT2D eigenvalue weighted by Crippen LogP contribution is -2.49. The van der Waals surface area contributed by atoms with Gasteiger partial charge in [-0.05, 0) is 12.1 Å². The molecule has 0 bridgehead atoms. The first-order valence-corrected chi connectivity index (χ1v) is 9.76. The minimum absolute atomic E-state index is 0.0475. The number of carbonyl (C=O) groups is 1. The summed E-state index contributed by atoms with van der Waals surface area (Å²) in [6, 6.07) is 15.9. The van der Waals surface area contributed by atoms with Gasteiger partial charge in [-0.3, -0.25) is 14.9 Å². The summed E-state index contributed by atoms with van der Waals surface area (Å²) in [4.78, 5) is 36.0. The smallest absolute Gasteiger partial charge is 0.283 e. The predicted molar refractivity (Wildman–Crippen MR) is 114 cm³/mol. The van der Waals surface area contributed by atoms with Gasteiger partial charge >= 0.3 is 0 Å². The summed E-state index contributed by atoms with van der Waals surface area (Å²) in [5.41, 5.74) is 1.60. The molecule has 2 heterocycles. The van der Waals surface area contributed by atoms with E-state index in [4.69, 9.17) is 11.6 Å². The minimum atomic E-state index is -0.582. The maximum Gasteiger partial charge on any atom is 0.283 e. The SMILES string of the molecule is O=C(c1ccc(Cl)cc1[N+](=O)[O-])N1CCN(c2cc(-c3ccccc3)ncn2)CC1. The normalized spacial score (nSPS) is 13.9. The van der Waals surface area contributed by atoms with Crippen LogP contribution in [0, 0.1) is 10.1 Å². The van der Waals surface area contributed by atoms with Gasteiger partial charge in [0, 0.05) is 48.9 Å². The molecule has 30 heavy (non-hydrogen) atoms. The average Bonchev–Trinajstić information content (AvgIpc) is 2.79. The molecular weight excluding hydrogens is 406 g/mol. The number of nitro benzene ring substituents is 1. The van der Waals surface area contributed by atoms with Gasteiger partial charge in [-0.2, -0.15) is 0 Å². The van der Waals surface area contributed by atoms with Crippen LogP contribution in [0.5, 0.6) is 0 Å². The number of anilines is 1. The maximum absolute atomic E-state index is 12.9. The second kappa shape index (κ2) is 8.46. The number of hydrogen-bond donors (Lipinski definition) is 0. The van der Waals surface area contributed by atoms with E-state index in [0.717, 1.165) is 17.1 Å². The molecule has 1 saturated heterocycles. The lowest BCUT2D eigenvalue weighted by molar-refractivity contribution is -0.385. The number of carbonyl (C=O) groups excluding carboxylic acids is 1. The van der Waals surface area contributed by atoms with E-state index in [1.54, 1.807) is 4.90 Å². The van der Waals surface area contributed by atoms with Gasteiger partial charge in [0.15, 0.2) is 0 Å². The van der Waals surface area contributed by atoms with Crippen LogP contribution in [0.15, 0.2) is 60.9 Å². The molecule has 0 saturated carbocycles. The van der Waals surface area contributed by atoms with E-state index in [1.807, 2.05) is 36.4 Å². The van der Waals surface area contributed by atoms with Crippen molar-refractivity contribution >= 4 is 29.0 Å². The van der Waals surface area contributed by atoms with Crippen molar-refractivity contribution < 1.29 is 9.72 Å². The van der Waals surface area contributed by atoms with E-state index >= 15 is 0 Å². The highest BCUT2D eigenvalue weighted by atomic mass is 35.5. The molecule has 3 aromatic rings. The number of aromatic nitrogens is 2. The third kappa shape index (κ3) is 4.08. The van der Waals surface area contributed by atoms with Gasteiger partial charge < -0.3 is 9.80 Å². The van der Waals surface area contributed by atoms with Gasteiger partial charge in [-0.1, -0.05) is 41.9 Å². The number of nitro groups is 1. The zero-order chi connectivity index (χ0) is 21.1. The quantitative estimate of drug-likeness (QED) is 0.469. The second-order valence-corrected chi connectivity index (χ2v) is 7.26. The first-order valence-electron chi connectivity index (χ1n) is 9.38. The highest BCUT2D eigenvalue weighted by Crippen LogP contribution is 2.26. The van der Waals surface area contributed by atoms with E-state index in [2.05, 4.69) is 14.9 Å². The topological polar surface area (TPSA) is 92.5 Å². The molecule has 1 fully saturated rings. The Bertz CT molecular complexity index is 1090. The first kappa shape index (κ1) is 19.8. The molecule has 152 valence electrons. The number of nitrogens with zero attached hydrogens (tertiary/aromatic N) is 5. The fraction of sp³-hybridized carbons (Fsp3) is 0.190. The van der Waals surface area contributed by atoms with E-state index in [1.165, 1.54) is 24.5 Å². The molecule has 1 aliphatic heterocycles. The maximum atomic E-state index is 12.9. The third-order valence-electron chi connectivity index (χ3n) is 5.00. The monoisotopic (exact) mass is 423 g/mol. The standard InChI is InChI=1S/C21H18ClN5O3/c22-16-6-7-17(19(12-16)27(29)30)21(28)26-10-8-25(9-11-26)20-13-18(23-14-24-20)15-4-2-1-3-5-15/h1-7,12-14H,8-11H2. The van der Waals surface area contributed by atoms with Crippen molar-refractivity contribution in [1.29, 1.82) is 0 Å². The molecule has 9 heteroatoms. The molecule has 0 N–H and O–H groups in total. The molecule has 8 nitrogen and oxygen atoms in total. The summed E-state index contributed by atoms with van der Waals surface area (Å²) in [6.07, 6.45) is 1.53. The lowest BCUT2D eigenvalue weighted by Gasteiger charge is -2.35. The lowest BCUT2D eigenvalue weighted by atomic mass is 10.1. The van der Waals surface area contributed by atoms with Crippen LogP contribution in [0.1, 0.15) is 10.4 Å². The molecule has 2 aromatic carbocycles. The Morgan fingerprint density at radius 2 is 1.73 bits per heavy atom. The Labute approximate surface area is 177 Å². The van der Waals surface area contributed by atoms with Gasteiger partial charge in [-0.15, -0.1) is 0 Å². The van der Waals surface area contributed by atoms with E-state index in [9.17, 15) is 14.9 Å². The van der Waals surface area contributed by atoms with E-state index < -0.39 is 4.92 Å². The summed E-state index contributed by atoms with van der Waals surface area (Å²) < 4.78 is 0. The number of rotatable bonds is 4. The fourth-order valence-electron chi connectivity index (χ4n) is 3.43. The molecule has 0 aliphatic carbocycles. The Kier molecular flexibility index (Phi) is 5.58. The van der Waals surface area contributed by atoms with Crippen LogP contribution in [0.25, 0.3) is 11.3 Å². The molecule has 1 aromatic heterocycles. The molecule has 1 aliphatic rings. The van der Waals surface area contributed by atoms with Crippen molar-refractivity contribution in [2.75, 3.05) is 31.1 Å². The summed E-state index contributed by atoms with van der Waals surface area (Å²) in [6.45, 7) is 2.00. The second-order valence-electron chi connectivity index (χ2n) is 6.83. The highest BCUT2D eigenvalue weighted by molar-refractivity contribution is 6.31. The van der Waals surface area contributed by atoms with Crippen LogP contribution in [0.4, 0.5) is 11.5 Å². The Hall–Kier alpha value is -3.52. The number of halogens is 1. The fourth-order valence-corrected chi connectivity index (χ4v) is 3.60. The van der Waals surface area contributed by atoms with Gasteiger partial charge in [0.05, 0.1) is 10.6 Å². The zero-order valence-electron chi connectivity index (χ0n) is 15.9. The van der Waals surface area contributed by atoms with E-state index in [0.29, 0.717) is 26.2 Å². The molecule has 0 spiro atoms. The molecule has 0 radical (unpaired) electrons. The zero-order valence-corrected chi connectivity index (χ0v) is 16.7. The van der Waals surface area contributed by atoms with Crippen molar-refractivity contribution in [2.45, 2.75) is 0 Å². The number of piperazine rings is 1. The summed E-state index contributed by atoms with van der Waals surface area (Å²) >= 11 is 5.85. The molecule has 0 atom stereocenters. The number of hydrogen-bond acceptors (Lipinski definition) is 6. The Balaban J connectivity index is 1.47. The van der Waals surface area contributed by atoms with Gasteiger partial charge in [-0.25, -0.2) is 9.97 Å². The predicted octanol–water partition coefficient (Wildman–Crippen LogP) is 3.67. The highest BCUT2D eigenvalue weighted by Gasteiger charge is 2.28. The molecule has 1 amide bonds. The van der Waals surface area contributed by atoms with E-state index in [-0.39, 0.29) is 22.2 Å². The van der Waals surface area contributed by atoms with Crippen LogP contribution in [0.2, 0.25) is 5.02 Å². The van der Waals surface area contributed by atoms with Crippen LogP contribution >= 0.6 is 11.6 Å². The Morgan fingerprint density at radius 3 is 2.43 bits per heavy atom. The molecule has 0 unspecified atom stereocenters. The largest absolute Gasteiger partial charge is 0.353 e. The van der Waals surface area contributed by atoms with Crippen molar-refractivity contribution in [3.63, 3.8) is 0 Å². The van der Waals surface area contributed by atoms with Crippen molar-refractivity contribution in [2.24, 2.45) is 0 Å². The van der Waals surface area contributed by atoms with Crippen molar-refractivity contribution in [1.82, 2.24) is 14.9 Å². The number of amides is 1. The molecular formula is C21H18ClN5O3. The minimum Gasteiger partial charge on any atom is -0.353 e. The summed E-state index contributed by atoms with van der Waals surface area (Å²) in [7, 11) is 0. The average molecular weight is 424 g/mol. The van der Waals surface area contributed by atoms with Gasteiger partial charge in [0.1, 0.15) is 17.7 Å². The van der Waals surface area contributed by atoms with Crippen LogP contribution in [-0.2, 0) is 0 Å². The Morgan fingerprint density at radius 1 is 1.00 bits per heavy atom. The van der Waals surface area contributed by atoms with Crippen LogP contribution in [0.3, 0.4) is 0 Å². The van der Waals surface area contributed by atoms with Crippen LogP contribution < -0.4 is 4.90 Å². The first-order chi connectivity index (χ1) is 14.5. The van der Waals surface area contributed by atoms with Crippen molar-refractivity contribution in [3.05, 3.63) is 81.6 Å².